The number of nitrogens with one attached hydrogen (secondary N) is 1. The lowest BCUT2D eigenvalue weighted by Gasteiger charge is -2.38. The summed E-state index contributed by atoms with van der Waals surface area (Å²) < 4.78 is 15.3. The summed E-state index contributed by atoms with van der Waals surface area (Å²) in [5, 5.41) is 2.55. The highest BCUT2D eigenvalue weighted by Gasteiger charge is 2.34. The third kappa shape index (κ3) is 3.64. The minimum Gasteiger partial charge on any atom is -0.325 e. The molecule has 1 N–H and O–H groups in total. The third-order valence-electron chi connectivity index (χ3n) is 4.92. The van der Waals surface area contributed by atoms with Crippen molar-refractivity contribution in [2.24, 2.45) is 0 Å². The monoisotopic (exact) mass is 418 g/mol. The van der Waals surface area contributed by atoms with E-state index in [0.717, 1.165) is 28.6 Å². The van der Waals surface area contributed by atoms with Crippen molar-refractivity contribution in [2.75, 3.05) is 5.75 Å². The smallest absolute Gasteiger partial charge is 0.127 e. The Labute approximate surface area is 160 Å². The van der Waals surface area contributed by atoms with Gasteiger partial charge < -0.3 is 5.43 Å². The molecular formula is C20H20BrFN2S. The maximum atomic E-state index is 14.2. The summed E-state index contributed by atoms with van der Waals surface area (Å²) in [6.45, 7) is 0. The number of thioether (sulfide) groups is 1. The number of hydrogen-bond acceptors (Lipinski definition) is 3. The van der Waals surface area contributed by atoms with Gasteiger partial charge in [-0.2, -0.15) is 11.8 Å². The molecule has 2 aliphatic rings. The summed E-state index contributed by atoms with van der Waals surface area (Å²) in [6.07, 6.45) is 6.28. The molecule has 4 rings (SSSR count). The molecule has 0 aromatic heterocycles. The second-order valence-corrected chi connectivity index (χ2v) is 8.68. The summed E-state index contributed by atoms with van der Waals surface area (Å²) in [5.74, 6) is 0.965. The van der Waals surface area contributed by atoms with Crippen LogP contribution in [0.1, 0.15) is 35.3 Å². The zero-order valence-corrected chi connectivity index (χ0v) is 16.1. The van der Waals surface area contributed by atoms with Crippen LogP contribution in [0.4, 0.5) is 4.39 Å². The number of halogens is 2. The van der Waals surface area contributed by atoms with Gasteiger partial charge in [0.2, 0.25) is 0 Å². The summed E-state index contributed by atoms with van der Waals surface area (Å²) in [7, 11) is 0. The zero-order chi connectivity index (χ0) is 17.2. The molecule has 130 valence electrons. The fourth-order valence-corrected chi connectivity index (χ4v) is 5.33. The summed E-state index contributed by atoms with van der Waals surface area (Å²) in [5.41, 5.74) is 5.52. The summed E-state index contributed by atoms with van der Waals surface area (Å²) >= 11 is 5.37. The van der Waals surface area contributed by atoms with E-state index in [1.54, 1.807) is 12.1 Å². The van der Waals surface area contributed by atoms with Crippen LogP contribution in [-0.4, -0.2) is 16.8 Å². The quantitative estimate of drug-likeness (QED) is 0.697. The normalized spacial score (nSPS) is 26.6. The maximum absolute atomic E-state index is 14.2. The second-order valence-electron chi connectivity index (χ2n) is 6.45. The average molecular weight is 419 g/mol. The van der Waals surface area contributed by atoms with E-state index in [1.807, 2.05) is 30.1 Å². The fourth-order valence-electron chi connectivity index (χ4n) is 3.64. The van der Waals surface area contributed by atoms with Crippen LogP contribution in [0.25, 0.3) is 0 Å². The number of benzene rings is 2. The van der Waals surface area contributed by atoms with Gasteiger partial charge in [-0.15, -0.1) is 0 Å². The molecule has 1 saturated heterocycles. The molecular weight excluding hydrogens is 399 g/mol. The Hall–Kier alpha value is -1.30. The molecule has 25 heavy (non-hydrogen) atoms. The van der Waals surface area contributed by atoms with Gasteiger partial charge >= 0.3 is 0 Å². The molecule has 5 heteroatoms. The molecule has 0 spiro atoms. The highest BCUT2D eigenvalue weighted by molar-refractivity contribution is 9.10. The van der Waals surface area contributed by atoms with Crippen LogP contribution in [0, 0.1) is 5.82 Å². The van der Waals surface area contributed by atoms with Crippen molar-refractivity contribution in [3.05, 3.63) is 82.2 Å². The summed E-state index contributed by atoms with van der Waals surface area (Å²) in [6, 6.07) is 16.3. The first kappa shape index (κ1) is 17.1. The Morgan fingerprint density at radius 2 is 1.92 bits per heavy atom. The SMILES string of the molecule is Fc1ccccc1C1CC(N2NC=CC2c2ccc(Br)cc2)CCS1. The summed E-state index contributed by atoms with van der Waals surface area (Å²) in [4.78, 5) is 0. The van der Waals surface area contributed by atoms with Crippen LogP contribution in [-0.2, 0) is 0 Å². The Balaban J connectivity index is 1.53. The molecule has 0 saturated carbocycles. The van der Waals surface area contributed by atoms with Gasteiger partial charge in [-0.3, -0.25) is 0 Å². The van der Waals surface area contributed by atoms with E-state index in [9.17, 15) is 4.39 Å². The predicted molar refractivity (Wildman–Crippen MR) is 106 cm³/mol. The van der Waals surface area contributed by atoms with Crippen LogP contribution in [0.15, 0.2) is 65.3 Å². The zero-order valence-electron chi connectivity index (χ0n) is 13.7. The van der Waals surface area contributed by atoms with Crippen LogP contribution in [0.5, 0.6) is 0 Å². The van der Waals surface area contributed by atoms with Crippen molar-refractivity contribution in [1.82, 2.24) is 10.4 Å². The van der Waals surface area contributed by atoms with E-state index in [-0.39, 0.29) is 17.1 Å². The van der Waals surface area contributed by atoms with E-state index < -0.39 is 0 Å². The van der Waals surface area contributed by atoms with Crippen LogP contribution >= 0.6 is 27.7 Å². The molecule has 0 amide bonds. The highest BCUT2D eigenvalue weighted by atomic mass is 79.9. The average Bonchev–Trinajstić information content (AvgIpc) is 3.13. The van der Waals surface area contributed by atoms with Crippen molar-refractivity contribution in [1.29, 1.82) is 0 Å². The first-order valence-electron chi connectivity index (χ1n) is 8.55. The molecule has 1 fully saturated rings. The first-order chi connectivity index (χ1) is 12.2. The number of hydrazine groups is 1. The molecule has 2 aromatic rings. The Morgan fingerprint density at radius 3 is 2.72 bits per heavy atom. The molecule has 3 atom stereocenters. The molecule has 0 aliphatic carbocycles. The standard InChI is InChI=1S/C20H20BrFN2S/c21-15-7-5-14(6-8-15)19-9-11-23-24(19)16-10-12-25-20(13-16)17-3-1-2-4-18(17)22/h1-9,11,16,19-20,23H,10,12-13H2. The molecule has 2 aromatic carbocycles. The largest absolute Gasteiger partial charge is 0.325 e. The Bertz CT molecular complexity index is 765. The van der Waals surface area contributed by atoms with E-state index in [2.05, 4.69) is 56.7 Å². The molecule has 0 radical (unpaired) electrons. The highest BCUT2D eigenvalue weighted by Crippen LogP contribution is 2.42. The number of nitrogens with zero attached hydrogens (tertiary/aromatic N) is 1. The van der Waals surface area contributed by atoms with Crippen molar-refractivity contribution < 1.29 is 4.39 Å². The van der Waals surface area contributed by atoms with E-state index >= 15 is 0 Å². The van der Waals surface area contributed by atoms with Crippen LogP contribution in [0.2, 0.25) is 0 Å². The lowest BCUT2D eigenvalue weighted by atomic mass is 9.98. The maximum Gasteiger partial charge on any atom is 0.127 e. The minimum atomic E-state index is -0.0855. The lowest BCUT2D eigenvalue weighted by molar-refractivity contribution is 0.118. The molecule has 0 bridgehead atoms. The predicted octanol–water partition coefficient (Wildman–Crippen LogP) is 5.60. The van der Waals surface area contributed by atoms with Gasteiger partial charge in [0.1, 0.15) is 5.82 Å². The Morgan fingerprint density at radius 1 is 1.12 bits per heavy atom. The number of hydrogen-bond donors (Lipinski definition) is 1. The van der Waals surface area contributed by atoms with Crippen molar-refractivity contribution in [2.45, 2.75) is 30.2 Å². The van der Waals surface area contributed by atoms with E-state index in [4.69, 9.17) is 0 Å². The molecule has 2 heterocycles. The third-order valence-corrected chi connectivity index (χ3v) is 6.76. The van der Waals surface area contributed by atoms with Crippen molar-refractivity contribution in [3.63, 3.8) is 0 Å². The molecule has 2 nitrogen and oxygen atoms in total. The van der Waals surface area contributed by atoms with Gasteiger partial charge in [-0.05, 0) is 48.4 Å². The fraction of sp³-hybridized carbons (Fsp3) is 0.300. The van der Waals surface area contributed by atoms with Crippen molar-refractivity contribution in [3.8, 4) is 0 Å². The van der Waals surface area contributed by atoms with Gasteiger partial charge in [0.15, 0.2) is 0 Å². The number of rotatable bonds is 3. The van der Waals surface area contributed by atoms with Crippen molar-refractivity contribution >= 4 is 27.7 Å². The Kier molecular flexibility index (Phi) is 5.15. The first-order valence-corrected chi connectivity index (χ1v) is 10.4. The molecule has 2 aliphatic heterocycles. The van der Waals surface area contributed by atoms with Gasteiger partial charge in [0.05, 0.1) is 6.04 Å². The van der Waals surface area contributed by atoms with Crippen LogP contribution in [0.3, 0.4) is 0 Å². The van der Waals surface area contributed by atoms with Gasteiger partial charge in [-0.1, -0.05) is 46.3 Å². The van der Waals surface area contributed by atoms with Gasteiger partial charge in [0.25, 0.3) is 0 Å². The lowest BCUT2D eigenvalue weighted by Crippen LogP contribution is -2.44. The van der Waals surface area contributed by atoms with Gasteiger partial charge in [0, 0.05) is 27.5 Å². The van der Waals surface area contributed by atoms with Crippen LogP contribution < -0.4 is 5.43 Å². The van der Waals surface area contributed by atoms with E-state index in [0.29, 0.717) is 6.04 Å². The second kappa shape index (κ2) is 7.52. The van der Waals surface area contributed by atoms with E-state index in [1.165, 1.54) is 5.56 Å². The molecule has 3 unspecified atom stereocenters. The van der Waals surface area contributed by atoms with Gasteiger partial charge in [-0.25, -0.2) is 9.40 Å². The minimum absolute atomic E-state index is 0.0855. The topological polar surface area (TPSA) is 15.3 Å².